The summed E-state index contributed by atoms with van der Waals surface area (Å²) in [5, 5.41) is 21.1. The van der Waals surface area contributed by atoms with Gasteiger partial charge in [0.15, 0.2) is 12.0 Å². The minimum atomic E-state index is -4.03. The van der Waals surface area contributed by atoms with Gasteiger partial charge in [0.25, 0.3) is 0 Å². The van der Waals surface area contributed by atoms with Crippen molar-refractivity contribution in [2.75, 3.05) is 6.61 Å². The molecular formula is C19H20NO9P. The summed E-state index contributed by atoms with van der Waals surface area (Å²) in [6.07, 6.45) is -1.24. The second-order valence-electron chi connectivity index (χ2n) is 7.06. The summed E-state index contributed by atoms with van der Waals surface area (Å²) < 4.78 is 34.6. The minimum Gasteiger partial charge on any atom is -0.404 e. The molecule has 11 heteroatoms. The molecule has 4 rings (SSSR count). The second-order valence-corrected chi connectivity index (χ2v) is 8.65. The van der Waals surface area contributed by atoms with Crippen molar-refractivity contribution >= 4 is 19.5 Å². The van der Waals surface area contributed by atoms with E-state index in [9.17, 15) is 24.4 Å². The van der Waals surface area contributed by atoms with Crippen LogP contribution in [-0.2, 0) is 34.5 Å². The molecule has 0 aromatic heterocycles. The molecule has 1 amide bonds. The Kier molecular flexibility index (Phi) is 5.39. The van der Waals surface area contributed by atoms with Crippen LogP contribution in [0, 0.1) is 0 Å². The number of nitrogens with zero attached hydrogens (tertiary/aromatic N) is 1. The third-order valence-electron chi connectivity index (χ3n) is 5.12. The van der Waals surface area contributed by atoms with Crippen LogP contribution in [0.2, 0.25) is 0 Å². The van der Waals surface area contributed by atoms with Crippen molar-refractivity contribution in [1.82, 2.24) is 4.90 Å². The van der Waals surface area contributed by atoms with Crippen molar-refractivity contribution in [3.05, 3.63) is 54.8 Å². The van der Waals surface area contributed by atoms with Crippen molar-refractivity contribution in [3.8, 4) is 5.75 Å². The van der Waals surface area contributed by atoms with Gasteiger partial charge in [-0.1, -0.05) is 24.3 Å². The summed E-state index contributed by atoms with van der Waals surface area (Å²) >= 11 is 0. The van der Waals surface area contributed by atoms with Crippen LogP contribution in [0.15, 0.2) is 49.2 Å². The van der Waals surface area contributed by atoms with Crippen LogP contribution >= 0.6 is 7.82 Å². The van der Waals surface area contributed by atoms with Crippen LogP contribution in [0.4, 0.5) is 0 Å². The first-order valence-electron chi connectivity index (χ1n) is 9.13. The van der Waals surface area contributed by atoms with Crippen LogP contribution in [0.1, 0.15) is 12.0 Å². The maximum atomic E-state index is 12.9. The molecule has 1 aromatic rings. The molecule has 3 aliphatic heterocycles. The number of carbonyl (C=O) groups excluding carboxylic acids is 2. The van der Waals surface area contributed by atoms with Gasteiger partial charge in [-0.2, -0.15) is 0 Å². The van der Waals surface area contributed by atoms with Crippen LogP contribution < -0.4 is 4.52 Å². The van der Waals surface area contributed by atoms with E-state index >= 15 is 0 Å². The lowest BCUT2D eigenvalue weighted by molar-refractivity contribution is -0.153. The average molecular weight is 437 g/mol. The number of ketones is 1. The quantitative estimate of drug-likeness (QED) is 0.394. The molecular weight excluding hydrogens is 417 g/mol. The molecule has 1 aromatic carbocycles. The Labute approximate surface area is 171 Å². The van der Waals surface area contributed by atoms with Crippen molar-refractivity contribution < 1.29 is 42.7 Å². The minimum absolute atomic E-state index is 0.00427. The number of hydrogen-bond donors (Lipinski definition) is 2. The first-order chi connectivity index (χ1) is 14.3. The van der Waals surface area contributed by atoms with Crippen LogP contribution in [0.3, 0.4) is 0 Å². The number of allylic oxidation sites excluding steroid dienone is 1. The van der Waals surface area contributed by atoms with Gasteiger partial charge < -0.3 is 19.5 Å². The zero-order chi connectivity index (χ0) is 21.5. The van der Waals surface area contributed by atoms with Crippen molar-refractivity contribution in [1.29, 1.82) is 0 Å². The first-order valence-corrected chi connectivity index (χ1v) is 10.6. The highest BCUT2D eigenvalue weighted by Gasteiger charge is 2.56. The largest absolute Gasteiger partial charge is 0.530 e. The molecule has 30 heavy (non-hydrogen) atoms. The van der Waals surface area contributed by atoms with Crippen LogP contribution in [0.5, 0.6) is 5.75 Å². The summed E-state index contributed by atoms with van der Waals surface area (Å²) in [7, 11) is -4.03. The molecule has 0 spiro atoms. The zero-order valence-corrected chi connectivity index (χ0v) is 16.6. The van der Waals surface area contributed by atoms with E-state index in [0.29, 0.717) is 11.3 Å². The first kappa shape index (κ1) is 20.9. The van der Waals surface area contributed by atoms with E-state index in [-0.39, 0.29) is 18.8 Å². The van der Waals surface area contributed by atoms with E-state index < -0.39 is 44.4 Å². The molecule has 5 atom stereocenters. The summed E-state index contributed by atoms with van der Waals surface area (Å²) in [6, 6.07) is 6.86. The number of amides is 1. The molecule has 0 aliphatic carbocycles. The number of fused-ring (bicyclic) bond motifs is 1. The number of phosphoric acid groups is 1. The molecule has 0 radical (unpaired) electrons. The number of benzene rings is 1. The Balaban J connectivity index is 1.51. The SMILES string of the molecule is C=C[C@]1(COP2(=O)OCc3ccccc3O2)O[C@@H](N2C=CC(=O)CC2=O)[C@H](O)[C@@H]1O. The number of phosphoric ester groups is 1. The lowest BCUT2D eigenvalue weighted by atomic mass is 9.96. The van der Waals surface area contributed by atoms with Gasteiger partial charge in [-0.15, -0.1) is 6.58 Å². The van der Waals surface area contributed by atoms with Gasteiger partial charge in [-0.3, -0.25) is 23.5 Å². The topological polar surface area (TPSA) is 132 Å². The Morgan fingerprint density at radius 1 is 1.33 bits per heavy atom. The molecule has 0 bridgehead atoms. The van der Waals surface area contributed by atoms with Crippen molar-refractivity contribution in [2.24, 2.45) is 0 Å². The highest BCUT2D eigenvalue weighted by molar-refractivity contribution is 7.49. The van der Waals surface area contributed by atoms with Gasteiger partial charge in [0.2, 0.25) is 5.91 Å². The van der Waals surface area contributed by atoms with E-state index in [4.69, 9.17) is 18.3 Å². The molecule has 3 heterocycles. The van der Waals surface area contributed by atoms with Gasteiger partial charge in [-0.25, -0.2) is 4.57 Å². The fourth-order valence-corrected chi connectivity index (χ4v) is 4.66. The van der Waals surface area contributed by atoms with E-state index in [2.05, 4.69) is 6.58 Å². The van der Waals surface area contributed by atoms with Gasteiger partial charge in [0, 0.05) is 11.8 Å². The fraction of sp³-hybridized carbons (Fsp3) is 0.368. The fourth-order valence-electron chi connectivity index (χ4n) is 3.40. The van der Waals surface area contributed by atoms with E-state index in [1.807, 2.05) is 0 Å². The Bertz CT molecular complexity index is 963. The zero-order valence-electron chi connectivity index (χ0n) is 15.7. The number of para-hydroxylation sites is 1. The Morgan fingerprint density at radius 3 is 2.83 bits per heavy atom. The predicted molar refractivity (Wildman–Crippen MR) is 101 cm³/mol. The average Bonchev–Trinajstić information content (AvgIpc) is 2.98. The second kappa shape index (κ2) is 7.73. The molecule has 1 saturated heterocycles. The summed E-state index contributed by atoms with van der Waals surface area (Å²) in [6.45, 7) is 3.08. The maximum absolute atomic E-state index is 12.9. The lowest BCUT2D eigenvalue weighted by Gasteiger charge is -2.32. The number of hydrogen-bond acceptors (Lipinski definition) is 9. The molecule has 1 unspecified atom stereocenters. The molecule has 2 N–H and O–H groups in total. The highest BCUT2D eigenvalue weighted by Crippen LogP contribution is 2.55. The number of ether oxygens (including phenoxy) is 1. The van der Waals surface area contributed by atoms with E-state index in [1.54, 1.807) is 24.3 Å². The smallest absolute Gasteiger partial charge is 0.404 e. The number of aliphatic hydroxyl groups excluding tert-OH is 2. The van der Waals surface area contributed by atoms with E-state index in [1.165, 1.54) is 18.4 Å². The summed E-state index contributed by atoms with van der Waals surface area (Å²) in [4.78, 5) is 24.6. The lowest BCUT2D eigenvalue weighted by Crippen LogP contribution is -2.46. The molecule has 3 aliphatic rings. The van der Waals surface area contributed by atoms with Crippen molar-refractivity contribution in [2.45, 2.75) is 37.1 Å². The molecule has 0 saturated carbocycles. The summed E-state index contributed by atoms with van der Waals surface area (Å²) in [5.41, 5.74) is -1.01. The standard InChI is InChI=1S/C19H20NO9P/c1-2-19(11-27-30(25)26-10-12-5-3-4-6-14(12)29-30)17(24)16(23)18(28-19)20-8-7-13(21)9-15(20)22/h2-8,16-18,23-24H,1,9-11H2/t16-,17+,18-,19-,30?/m1/s1. The van der Waals surface area contributed by atoms with Crippen LogP contribution in [-0.4, -0.2) is 57.4 Å². The maximum Gasteiger partial charge on any atom is 0.530 e. The third kappa shape index (κ3) is 3.62. The Hall–Kier alpha value is -2.33. The molecule has 160 valence electrons. The van der Waals surface area contributed by atoms with Gasteiger partial charge in [0.1, 0.15) is 23.6 Å². The van der Waals surface area contributed by atoms with Gasteiger partial charge in [-0.05, 0) is 12.1 Å². The van der Waals surface area contributed by atoms with Crippen LogP contribution in [0.25, 0.3) is 0 Å². The summed E-state index contributed by atoms with van der Waals surface area (Å²) in [5.74, 6) is -0.630. The van der Waals surface area contributed by atoms with Crippen molar-refractivity contribution in [3.63, 3.8) is 0 Å². The Morgan fingerprint density at radius 2 is 2.10 bits per heavy atom. The number of aliphatic hydroxyl groups is 2. The third-order valence-corrected chi connectivity index (χ3v) is 6.43. The monoisotopic (exact) mass is 437 g/mol. The highest BCUT2D eigenvalue weighted by atomic mass is 31.2. The predicted octanol–water partition coefficient (Wildman–Crippen LogP) is 1.04. The van der Waals surface area contributed by atoms with Gasteiger partial charge in [0.05, 0.1) is 19.6 Å². The molecule has 10 nitrogen and oxygen atoms in total. The molecule has 1 fully saturated rings. The van der Waals surface area contributed by atoms with E-state index in [0.717, 1.165) is 4.90 Å². The number of carbonyl (C=O) groups is 2. The normalized spacial score (nSPS) is 35.8. The number of rotatable bonds is 5. The van der Waals surface area contributed by atoms with Gasteiger partial charge >= 0.3 is 7.82 Å².